The Morgan fingerprint density at radius 2 is 1.90 bits per heavy atom. The van der Waals surface area contributed by atoms with Crippen LogP contribution in [0, 0.1) is 5.82 Å². The minimum Gasteiger partial charge on any atom is -0.494 e. The number of aliphatic hydroxyl groups is 1. The standard InChI is InChI=1S/C22H20FN3O3/c1-2-29-16-9-7-15(8-10-16)19-13-20-22(28)25(11-12-26(20)24-19)14-21(27)17-5-3-4-6-18(17)23/h3-13,21,27H,2,14H2,1H3. The molecule has 4 aromatic rings. The SMILES string of the molecule is CCOc1ccc(-c2cc3c(=O)n(CC(O)c4ccccc4F)ccn3n2)cc1. The fourth-order valence-corrected chi connectivity index (χ4v) is 3.23. The molecule has 2 aromatic heterocycles. The molecule has 1 atom stereocenters. The number of halogens is 1. The zero-order chi connectivity index (χ0) is 20.4. The van der Waals surface area contributed by atoms with Crippen molar-refractivity contribution in [2.75, 3.05) is 6.61 Å². The third-order valence-corrected chi connectivity index (χ3v) is 4.70. The first kappa shape index (κ1) is 18.9. The molecular formula is C22H20FN3O3. The molecule has 2 heterocycles. The summed E-state index contributed by atoms with van der Waals surface area (Å²) in [6.45, 7) is 2.45. The summed E-state index contributed by atoms with van der Waals surface area (Å²) < 4.78 is 22.2. The van der Waals surface area contributed by atoms with Gasteiger partial charge in [-0.1, -0.05) is 18.2 Å². The van der Waals surface area contributed by atoms with Crippen molar-refractivity contribution in [1.29, 1.82) is 0 Å². The van der Waals surface area contributed by atoms with Crippen molar-refractivity contribution < 1.29 is 14.2 Å². The minimum atomic E-state index is -1.13. The van der Waals surface area contributed by atoms with Gasteiger partial charge >= 0.3 is 0 Å². The number of aliphatic hydroxyl groups excluding tert-OH is 1. The molecule has 4 rings (SSSR count). The minimum absolute atomic E-state index is 0.0557. The molecule has 0 saturated heterocycles. The van der Waals surface area contributed by atoms with Crippen molar-refractivity contribution in [3.8, 4) is 17.0 Å². The second-order valence-electron chi connectivity index (χ2n) is 6.61. The van der Waals surface area contributed by atoms with E-state index < -0.39 is 11.9 Å². The van der Waals surface area contributed by atoms with Crippen molar-refractivity contribution in [3.05, 3.63) is 88.7 Å². The summed E-state index contributed by atoms with van der Waals surface area (Å²) in [7, 11) is 0. The molecule has 1 unspecified atom stereocenters. The van der Waals surface area contributed by atoms with Crippen LogP contribution in [0.4, 0.5) is 4.39 Å². The molecule has 0 aliphatic carbocycles. The average molecular weight is 393 g/mol. The lowest BCUT2D eigenvalue weighted by molar-refractivity contribution is 0.150. The highest BCUT2D eigenvalue weighted by Crippen LogP contribution is 2.22. The van der Waals surface area contributed by atoms with Crippen LogP contribution in [-0.4, -0.2) is 25.9 Å². The van der Waals surface area contributed by atoms with Crippen LogP contribution in [0.5, 0.6) is 5.75 Å². The fourth-order valence-electron chi connectivity index (χ4n) is 3.23. The second kappa shape index (κ2) is 7.89. The number of hydrogen-bond acceptors (Lipinski definition) is 4. The van der Waals surface area contributed by atoms with Crippen molar-refractivity contribution in [2.45, 2.75) is 19.6 Å². The van der Waals surface area contributed by atoms with E-state index in [2.05, 4.69) is 5.10 Å². The summed E-state index contributed by atoms with van der Waals surface area (Å²) in [6.07, 6.45) is 2.04. The summed E-state index contributed by atoms with van der Waals surface area (Å²) in [5, 5.41) is 14.8. The molecule has 7 heteroatoms. The normalized spacial score (nSPS) is 12.2. The number of aromatic nitrogens is 3. The van der Waals surface area contributed by atoms with Gasteiger partial charge in [0.05, 0.1) is 24.9 Å². The smallest absolute Gasteiger partial charge is 0.276 e. The van der Waals surface area contributed by atoms with Gasteiger partial charge < -0.3 is 14.4 Å². The van der Waals surface area contributed by atoms with Gasteiger partial charge in [-0.15, -0.1) is 0 Å². The van der Waals surface area contributed by atoms with Crippen LogP contribution in [0.25, 0.3) is 16.8 Å². The van der Waals surface area contributed by atoms with Crippen LogP contribution in [0.15, 0.2) is 71.8 Å². The van der Waals surface area contributed by atoms with Crippen molar-refractivity contribution in [2.24, 2.45) is 0 Å². The molecule has 0 aliphatic rings. The van der Waals surface area contributed by atoms with Gasteiger partial charge in [0, 0.05) is 23.5 Å². The van der Waals surface area contributed by atoms with Gasteiger partial charge in [-0.05, 0) is 43.3 Å². The molecule has 29 heavy (non-hydrogen) atoms. The molecule has 6 nitrogen and oxygen atoms in total. The molecule has 148 valence electrons. The first-order valence-corrected chi connectivity index (χ1v) is 9.31. The molecule has 0 aliphatic heterocycles. The lowest BCUT2D eigenvalue weighted by atomic mass is 10.1. The topological polar surface area (TPSA) is 68.8 Å². The van der Waals surface area contributed by atoms with Crippen LogP contribution < -0.4 is 10.3 Å². The van der Waals surface area contributed by atoms with Crippen molar-refractivity contribution in [1.82, 2.24) is 14.2 Å². The van der Waals surface area contributed by atoms with E-state index in [4.69, 9.17) is 4.74 Å². The Kier molecular flexibility index (Phi) is 5.14. The summed E-state index contributed by atoms with van der Waals surface area (Å²) in [4.78, 5) is 12.8. The molecule has 1 N–H and O–H groups in total. The van der Waals surface area contributed by atoms with E-state index >= 15 is 0 Å². The Morgan fingerprint density at radius 1 is 1.14 bits per heavy atom. The Balaban J connectivity index is 1.64. The fraction of sp³-hybridized carbons (Fsp3) is 0.182. The van der Waals surface area contributed by atoms with Crippen molar-refractivity contribution in [3.63, 3.8) is 0 Å². The predicted octanol–water partition coefficient (Wildman–Crippen LogP) is 3.43. The summed E-state index contributed by atoms with van der Waals surface area (Å²) in [5.41, 5.74) is 1.72. The number of rotatable bonds is 6. The number of hydrogen-bond donors (Lipinski definition) is 1. The van der Waals surface area contributed by atoms with Crippen LogP contribution in [-0.2, 0) is 6.54 Å². The molecule has 0 saturated carbocycles. The number of fused-ring (bicyclic) bond motifs is 1. The van der Waals surface area contributed by atoms with E-state index in [0.717, 1.165) is 11.3 Å². The van der Waals surface area contributed by atoms with Crippen molar-refractivity contribution >= 4 is 5.52 Å². The Labute approximate surface area is 166 Å². The van der Waals surface area contributed by atoms with Crippen LogP contribution in [0.2, 0.25) is 0 Å². The first-order valence-electron chi connectivity index (χ1n) is 9.31. The van der Waals surface area contributed by atoms with E-state index in [1.165, 1.54) is 27.4 Å². The molecule has 0 spiro atoms. The Hall–Kier alpha value is -3.45. The molecule has 0 fully saturated rings. The van der Waals surface area contributed by atoms with E-state index in [-0.39, 0.29) is 17.7 Å². The maximum Gasteiger partial charge on any atom is 0.276 e. The highest BCUT2D eigenvalue weighted by molar-refractivity contribution is 5.66. The third kappa shape index (κ3) is 3.77. The van der Waals surface area contributed by atoms with E-state index in [1.54, 1.807) is 24.4 Å². The maximum atomic E-state index is 13.9. The molecule has 0 amide bonds. The van der Waals surface area contributed by atoms with Gasteiger partial charge in [-0.2, -0.15) is 5.10 Å². The number of benzene rings is 2. The Morgan fingerprint density at radius 3 is 2.62 bits per heavy atom. The summed E-state index contributed by atoms with van der Waals surface area (Å²) in [6, 6.07) is 15.2. The zero-order valence-electron chi connectivity index (χ0n) is 15.8. The summed E-state index contributed by atoms with van der Waals surface area (Å²) in [5.74, 6) is 0.265. The molecular weight excluding hydrogens is 373 g/mol. The molecule has 0 radical (unpaired) electrons. The first-order chi connectivity index (χ1) is 14.1. The summed E-state index contributed by atoms with van der Waals surface area (Å²) >= 11 is 0. The van der Waals surface area contributed by atoms with Gasteiger partial charge in [-0.25, -0.2) is 8.91 Å². The second-order valence-corrected chi connectivity index (χ2v) is 6.61. The quantitative estimate of drug-likeness (QED) is 0.545. The highest BCUT2D eigenvalue weighted by atomic mass is 19.1. The maximum absolute atomic E-state index is 13.9. The van der Waals surface area contributed by atoms with E-state index in [0.29, 0.717) is 17.8 Å². The zero-order valence-corrected chi connectivity index (χ0v) is 15.8. The van der Waals surface area contributed by atoms with E-state index in [9.17, 15) is 14.3 Å². The molecule has 0 bridgehead atoms. The van der Waals surface area contributed by atoms with Crippen LogP contribution in [0.1, 0.15) is 18.6 Å². The van der Waals surface area contributed by atoms with Gasteiger partial charge in [-0.3, -0.25) is 4.79 Å². The lowest BCUT2D eigenvalue weighted by Gasteiger charge is -2.13. The monoisotopic (exact) mass is 393 g/mol. The van der Waals surface area contributed by atoms with Gasteiger partial charge in [0.25, 0.3) is 5.56 Å². The third-order valence-electron chi connectivity index (χ3n) is 4.70. The number of nitrogens with zero attached hydrogens (tertiary/aromatic N) is 3. The predicted molar refractivity (Wildman–Crippen MR) is 107 cm³/mol. The van der Waals surface area contributed by atoms with Crippen LogP contribution in [0.3, 0.4) is 0 Å². The van der Waals surface area contributed by atoms with Gasteiger partial charge in [0.15, 0.2) is 0 Å². The van der Waals surface area contributed by atoms with E-state index in [1.807, 2.05) is 31.2 Å². The molecule has 2 aromatic carbocycles. The number of ether oxygens (including phenoxy) is 1. The van der Waals surface area contributed by atoms with Gasteiger partial charge in [0.2, 0.25) is 0 Å². The highest BCUT2D eigenvalue weighted by Gasteiger charge is 2.15. The lowest BCUT2D eigenvalue weighted by Crippen LogP contribution is -2.24. The largest absolute Gasteiger partial charge is 0.494 e. The van der Waals surface area contributed by atoms with Gasteiger partial charge in [0.1, 0.15) is 17.1 Å². The van der Waals surface area contributed by atoms with Crippen LogP contribution >= 0.6 is 0 Å². The average Bonchev–Trinajstić information content (AvgIpc) is 3.16. The Bertz CT molecular complexity index is 1200.